The molecule has 0 spiro atoms. The molecule has 0 saturated heterocycles. The van der Waals surface area contributed by atoms with Crippen molar-refractivity contribution in [2.45, 2.75) is 36.8 Å². The van der Waals surface area contributed by atoms with Crippen molar-refractivity contribution in [3.8, 4) is 5.75 Å². The molecule has 0 N–H and O–H groups in total. The molecule has 0 aromatic heterocycles. The number of anilines is 1. The van der Waals surface area contributed by atoms with Gasteiger partial charge < -0.3 is 9.64 Å². The lowest BCUT2D eigenvalue weighted by molar-refractivity contribution is 0.0985. The van der Waals surface area contributed by atoms with Crippen LogP contribution in [-0.2, 0) is 16.3 Å². The largest absolute Gasteiger partial charge is 0.497 e. The van der Waals surface area contributed by atoms with E-state index in [1.165, 1.54) is 12.1 Å². The molecule has 1 heterocycles. The molecule has 2 aromatic rings. The highest BCUT2D eigenvalue weighted by Gasteiger charge is 2.25. The first-order valence-electron chi connectivity index (χ1n) is 8.67. The average molecular weight is 373 g/mol. The summed E-state index contributed by atoms with van der Waals surface area (Å²) in [5, 5.41) is -0.493. The third-order valence-electron chi connectivity index (χ3n) is 4.70. The molecule has 1 aliphatic rings. The van der Waals surface area contributed by atoms with Crippen molar-refractivity contribution >= 4 is 21.4 Å². The topological polar surface area (TPSA) is 63.7 Å². The maximum absolute atomic E-state index is 13.0. The van der Waals surface area contributed by atoms with Crippen molar-refractivity contribution in [2.24, 2.45) is 0 Å². The molecule has 1 aliphatic heterocycles. The molecule has 138 valence electrons. The third-order valence-corrected chi connectivity index (χ3v) is 6.87. The van der Waals surface area contributed by atoms with Gasteiger partial charge in [-0.2, -0.15) is 0 Å². The monoisotopic (exact) mass is 373 g/mol. The van der Waals surface area contributed by atoms with Gasteiger partial charge in [-0.15, -0.1) is 0 Å². The Kier molecular flexibility index (Phi) is 5.05. The summed E-state index contributed by atoms with van der Waals surface area (Å²) >= 11 is 0. The van der Waals surface area contributed by atoms with Gasteiger partial charge >= 0.3 is 0 Å². The molecular formula is C20H23NO4S. The third kappa shape index (κ3) is 3.33. The molecule has 3 rings (SSSR count). The van der Waals surface area contributed by atoms with E-state index in [4.69, 9.17) is 4.74 Å². The number of hydrogen-bond acceptors (Lipinski definition) is 4. The van der Waals surface area contributed by atoms with E-state index in [1.807, 2.05) is 18.2 Å². The zero-order chi connectivity index (χ0) is 18.9. The number of ether oxygens (including phenoxy) is 1. The molecule has 0 radical (unpaired) electrons. The Hall–Kier alpha value is -2.34. The van der Waals surface area contributed by atoms with Gasteiger partial charge in [0, 0.05) is 17.8 Å². The van der Waals surface area contributed by atoms with Gasteiger partial charge in [-0.3, -0.25) is 4.79 Å². The first kappa shape index (κ1) is 18.5. The Morgan fingerprint density at radius 2 is 1.81 bits per heavy atom. The minimum absolute atomic E-state index is 0.121. The summed E-state index contributed by atoms with van der Waals surface area (Å²) in [6.07, 6.45) is 1.79. The number of hydrogen-bond donors (Lipinski definition) is 0. The number of methoxy groups -OCH3 is 1. The van der Waals surface area contributed by atoms with Crippen LogP contribution < -0.4 is 9.64 Å². The van der Waals surface area contributed by atoms with Crippen molar-refractivity contribution in [1.29, 1.82) is 0 Å². The number of amides is 1. The van der Waals surface area contributed by atoms with Crippen LogP contribution in [0.25, 0.3) is 0 Å². The molecule has 0 aliphatic carbocycles. The lowest BCUT2D eigenvalue weighted by Crippen LogP contribution is -2.35. The minimum atomic E-state index is -3.34. The first-order valence-corrected chi connectivity index (χ1v) is 10.2. The van der Waals surface area contributed by atoms with Crippen LogP contribution in [-0.4, -0.2) is 33.2 Å². The minimum Gasteiger partial charge on any atom is -0.497 e. The van der Waals surface area contributed by atoms with Crippen molar-refractivity contribution in [1.82, 2.24) is 0 Å². The second-order valence-electron chi connectivity index (χ2n) is 6.67. The zero-order valence-corrected chi connectivity index (χ0v) is 16.0. The summed E-state index contributed by atoms with van der Waals surface area (Å²) in [7, 11) is -1.71. The Balaban J connectivity index is 1.89. The van der Waals surface area contributed by atoms with E-state index in [0.29, 0.717) is 12.1 Å². The molecule has 0 saturated carbocycles. The first-order chi connectivity index (χ1) is 12.3. The van der Waals surface area contributed by atoms with Crippen LogP contribution in [0.3, 0.4) is 0 Å². The Morgan fingerprint density at radius 1 is 1.12 bits per heavy atom. The Labute approximate surface area is 154 Å². The normalized spacial score (nSPS) is 14.2. The van der Waals surface area contributed by atoms with Gasteiger partial charge in [-0.25, -0.2) is 8.42 Å². The maximum atomic E-state index is 13.0. The number of rotatable bonds is 4. The molecule has 0 bridgehead atoms. The standard InChI is InChI=1S/C20H23NO4S/c1-14(2)26(23,24)18-9-6-15(7-10-18)20(22)21-12-4-5-16-13-17(25-3)8-11-19(16)21/h6-11,13-14H,4-5,12H2,1-3H3. The fraction of sp³-hybridized carbons (Fsp3) is 0.350. The quantitative estimate of drug-likeness (QED) is 0.823. The highest BCUT2D eigenvalue weighted by atomic mass is 32.2. The maximum Gasteiger partial charge on any atom is 0.258 e. The Bertz CT molecular complexity index is 917. The van der Waals surface area contributed by atoms with E-state index in [1.54, 1.807) is 38.0 Å². The highest BCUT2D eigenvalue weighted by molar-refractivity contribution is 7.92. The molecule has 0 atom stereocenters. The number of carbonyl (C=O) groups excluding carboxylic acids is 1. The van der Waals surface area contributed by atoms with Crippen LogP contribution in [0.5, 0.6) is 5.75 Å². The summed E-state index contributed by atoms with van der Waals surface area (Å²) < 4.78 is 29.7. The van der Waals surface area contributed by atoms with E-state index in [-0.39, 0.29) is 10.8 Å². The highest BCUT2D eigenvalue weighted by Crippen LogP contribution is 2.31. The lowest BCUT2D eigenvalue weighted by atomic mass is 10.0. The van der Waals surface area contributed by atoms with Crippen LogP contribution in [0.15, 0.2) is 47.4 Å². The SMILES string of the molecule is COc1ccc2c(c1)CCCN2C(=O)c1ccc(S(=O)(=O)C(C)C)cc1. The number of benzene rings is 2. The van der Waals surface area contributed by atoms with E-state index in [2.05, 4.69) is 0 Å². The predicted octanol–water partition coefficient (Wildman–Crippen LogP) is 3.47. The molecular weight excluding hydrogens is 350 g/mol. The number of fused-ring (bicyclic) bond motifs is 1. The van der Waals surface area contributed by atoms with Crippen LogP contribution >= 0.6 is 0 Å². The number of sulfone groups is 1. The summed E-state index contributed by atoms with van der Waals surface area (Å²) in [6, 6.07) is 11.9. The van der Waals surface area contributed by atoms with Gasteiger partial charge in [0.1, 0.15) is 5.75 Å². The van der Waals surface area contributed by atoms with Gasteiger partial charge in [-0.05, 0) is 74.7 Å². The van der Waals surface area contributed by atoms with E-state index < -0.39 is 15.1 Å². The van der Waals surface area contributed by atoms with Crippen LogP contribution in [0, 0.1) is 0 Å². The summed E-state index contributed by atoms with van der Waals surface area (Å²) in [6.45, 7) is 3.94. The van der Waals surface area contributed by atoms with Crippen LogP contribution in [0.2, 0.25) is 0 Å². The molecule has 26 heavy (non-hydrogen) atoms. The van der Waals surface area contributed by atoms with Crippen molar-refractivity contribution in [2.75, 3.05) is 18.6 Å². The van der Waals surface area contributed by atoms with Crippen molar-refractivity contribution in [3.05, 3.63) is 53.6 Å². The zero-order valence-electron chi connectivity index (χ0n) is 15.2. The fourth-order valence-corrected chi connectivity index (χ4v) is 4.19. The van der Waals surface area contributed by atoms with Gasteiger partial charge in [0.15, 0.2) is 9.84 Å². The lowest BCUT2D eigenvalue weighted by Gasteiger charge is -2.30. The molecule has 5 nitrogen and oxygen atoms in total. The summed E-state index contributed by atoms with van der Waals surface area (Å²) in [5.74, 6) is 0.658. The van der Waals surface area contributed by atoms with Crippen molar-refractivity contribution < 1.29 is 17.9 Å². The van der Waals surface area contributed by atoms with Gasteiger partial charge in [0.25, 0.3) is 5.91 Å². The smallest absolute Gasteiger partial charge is 0.258 e. The molecule has 0 unspecified atom stereocenters. The summed E-state index contributed by atoms with van der Waals surface area (Å²) in [5.41, 5.74) is 2.46. The molecule has 1 amide bonds. The van der Waals surface area contributed by atoms with Gasteiger partial charge in [-0.1, -0.05) is 0 Å². The summed E-state index contributed by atoms with van der Waals surface area (Å²) in [4.78, 5) is 15.0. The van der Waals surface area contributed by atoms with E-state index in [9.17, 15) is 13.2 Å². The second-order valence-corrected chi connectivity index (χ2v) is 9.18. The number of carbonyl (C=O) groups is 1. The fourth-order valence-electron chi connectivity index (χ4n) is 3.13. The van der Waals surface area contributed by atoms with Gasteiger partial charge in [0.05, 0.1) is 17.3 Å². The number of nitrogens with zero attached hydrogens (tertiary/aromatic N) is 1. The van der Waals surface area contributed by atoms with E-state index >= 15 is 0 Å². The van der Waals surface area contributed by atoms with Crippen LogP contribution in [0.4, 0.5) is 5.69 Å². The second kappa shape index (κ2) is 7.11. The molecule has 2 aromatic carbocycles. The Morgan fingerprint density at radius 3 is 2.42 bits per heavy atom. The molecule has 6 heteroatoms. The number of aryl methyl sites for hydroxylation is 1. The van der Waals surface area contributed by atoms with Crippen LogP contribution in [0.1, 0.15) is 36.2 Å². The molecule has 0 fully saturated rings. The van der Waals surface area contributed by atoms with Gasteiger partial charge in [0.2, 0.25) is 0 Å². The predicted molar refractivity (Wildman–Crippen MR) is 102 cm³/mol. The van der Waals surface area contributed by atoms with E-state index in [0.717, 1.165) is 29.8 Å². The van der Waals surface area contributed by atoms with Crippen molar-refractivity contribution in [3.63, 3.8) is 0 Å². The average Bonchev–Trinajstić information content (AvgIpc) is 2.66.